The van der Waals surface area contributed by atoms with Crippen LogP contribution in [0.25, 0.3) is 76.2 Å². The van der Waals surface area contributed by atoms with E-state index in [1.54, 1.807) is 0 Å². The minimum absolute atomic E-state index is 0.490. The average molecular weight is 447 g/mol. The molecule has 0 spiro atoms. The lowest BCUT2D eigenvalue weighted by atomic mass is 9.96. The van der Waals surface area contributed by atoms with Gasteiger partial charge in [0, 0.05) is 43.1 Å². The smallest absolute Gasteiger partial charge is 0.0634 e. The Morgan fingerprint density at radius 3 is 1.31 bits per heavy atom. The van der Waals surface area contributed by atoms with E-state index in [2.05, 4.69) is 114 Å². The topological polar surface area (TPSA) is 8.82 Å². The zero-order valence-corrected chi connectivity index (χ0v) is 19.6. The number of hydrogen-bond donors (Lipinski definition) is 0. The summed E-state index contributed by atoms with van der Waals surface area (Å²) in [6, 6.07) is 34.0. The van der Waals surface area contributed by atoms with Crippen molar-refractivity contribution < 1.29 is 0 Å². The van der Waals surface area contributed by atoms with Gasteiger partial charge >= 0.3 is 0 Å². The van der Waals surface area contributed by atoms with E-state index in [4.69, 9.17) is 0 Å². The SMILES string of the molecule is CC(C)c1ccc2c3c4c5ccccc5n5c6ccccc6c(c6c7ccccc7n(c2c1)c63)c45. The summed E-state index contributed by atoms with van der Waals surface area (Å²) in [7, 11) is 0. The lowest BCUT2D eigenvalue weighted by Gasteiger charge is -2.06. The summed E-state index contributed by atoms with van der Waals surface area (Å²) in [5.74, 6) is 0.490. The summed E-state index contributed by atoms with van der Waals surface area (Å²) in [4.78, 5) is 0. The third-order valence-electron chi connectivity index (χ3n) is 8.34. The number of hydrogen-bond acceptors (Lipinski definition) is 0. The highest BCUT2D eigenvalue weighted by molar-refractivity contribution is 6.45. The molecule has 9 aromatic rings. The molecule has 9 rings (SSSR count). The molecular formula is C33H22N2. The maximum Gasteiger partial charge on any atom is 0.0634 e. The molecule has 0 bridgehead atoms. The van der Waals surface area contributed by atoms with Crippen molar-refractivity contribution in [2.45, 2.75) is 19.8 Å². The summed E-state index contributed by atoms with van der Waals surface area (Å²) in [6.45, 7) is 4.57. The minimum atomic E-state index is 0.490. The first-order valence-electron chi connectivity index (χ1n) is 12.5. The van der Waals surface area contributed by atoms with Crippen molar-refractivity contribution in [3.05, 3.63) is 96.6 Å². The highest BCUT2D eigenvalue weighted by Crippen LogP contribution is 2.51. The number of fused-ring (bicyclic) bond motifs is 14. The van der Waals surface area contributed by atoms with Crippen LogP contribution in [0.4, 0.5) is 0 Å². The predicted octanol–water partition coefficient (Wildman–Crippen LogP) is 9.11. The first-order chi connectivity index (χ1) is 17.2. The molecule has 4 aromatic heterocycles. The van der Waals surface area contributed by atoms with E-state index in [1.165, 1.54) is 81.8 Å². The standard InChI is InChI=1S/C33H22N2/c1-18(2)19-15-16-23-27(17-19)35-26-14-8-5-11-22(26)29-28-20-9-3-6-12-24(20)34-25-13-7-4-10-21(25)30(32(28)34)31(23)33(29)35/h3-18H,1-2H3. The Bertz CT molecular complexity index is 2290. The van der Waals surface area contributed by atoms with Crippen molar-refractivity contribution in [3.8, 4) is 0 Å². The summed E-state index contributed by atoms with van der Waals surface area (Å²) in [5, 5.41) is 10.9. The van der Waals surface area contributed by atoms with Gasteiger partial charge in [0.15, 0.2) is 0 Å². The molecule has 0 unspecified atom stereocenters. The fourth-order valence-corrected chi connectivity index (χ4v) is 6.91. The number of nitrogens with zero attached hydrogens (tertiary/aromatic N) is 2. The lowest BCUT2D eigenvalue weighted by molar-refractivity contribution is 0.868. The van der Waals surface area contributed by atoms with Crippen LogP contribution < -0.4 is 0 Å². The Morgan fingerprint density at radius 1 is 0.457 bits per heavy atom. The van der Waals surface area contributed by atoms with Crippen LogP contribution in [0.1, 0.15) is 25.3 Å². The van der Waals surface area contributed by atoms with Crippen molar-refractivity contribution in [2.24, 2.45) is 0 Å². The van der Waals surface area contributed by atoms with Crippen molar-refractivity contribution in [2.75, 3.05) is 0 Å². The predicted molar refractivity (Wildman–Crippen MR) is 150 cm³/mol. The molecule has 0 radical (unpaired) electrons. The van der Waals surface area contributed by atoms with Crippen molar-refractivity contribution >= 4 is 76.2 Å². The Hall–Kier alpha value is -4.30. The Labute approximate surface area is 201 Å². The van der Waals surface area contributed by atoms with Gasteiger partial charge in [0.05, 0.1) is 33.1 Å². The summed E-state index contributed by atoms with van der Waals surface area (Å²) >= 11 is 0. The molecule has 4 heterocycles. The Balaban J connectivity index is 1.76. The van der Waals surface area contributed by atoms with Gasteiger partial charge in [-0.25, -0.2) is 0 Å². The van der Waals surface area contributed by atoms with Gasteiger partial charge in [-0.05, 0) is 35.7 Å². The first kappa shape index (κ1) is 18.1. The first-order valence-corrected chi connectivity index (χ1v) is 12.5. The maximum atomic E-state index is 2.55. The van der Waals surface area contributed by atoms with Gasteiger partial charge in [-0.1, -0.05) is 80.6 Å². The van der Waals surface area contributed by atoms with E-state index in [0.29, 0.717) is 5.92 Å². The number of benzene rings is 5. The van der Waals surface area contributed by atoms with Gasteiger partial charge in [-0.2, -0.15) is 0 Å². The second kappa shape index (κ2) is 5.84. The average Bonchev–Trinajstić information content (AvgIpc) is 3.60. The Kier molecular flexibility index (Phi) is 3.02. The van der Waals surface area contributed by atoms with Crippen LogP contribution in [-0.4, -0.2) is 8.80 Å². The minimum Gasteiger partial charge on any atom is -0.308 e. The van der Waals surface area contributed by atoms with Crippen LogP contribution in [0.5, 0.6) is 0 Å². The van der Waals surface area contributed by atoms with E-state index < -0.39 is 0 Å². The van der Waals surface area contributed by atoms with E-state index in [1.807, 2.05) is 0 Å². The molecule has 0 saturated carbocycles. The zero-order valence-electron chi connectivity index (χ0n) is 19.6. The van der Waals surface area contributed by atoms with Crippen LogP contribution >= 0.6 is 0 Å². The molecule has 5 aromatic carbocycles. The van der Waals surface area contributed by atoms with Gasteiger partial charge in [0.2, 0.25) is 0 Å². The molecule has 0 atom stereocenters. The third-order valence-corrected chi connectivity index (χ3v) is 8.34. The summed E-state index contributed by atoms with van der Waals surface area (Å²) in [5.41, 5.74) is 9.32. The monoisotopic (exact) mass is 446 g/mol. The quantitative estimate of drug-likeness (QED) is 0.238. The molecular weight excluding hydrogens is 424 g/mol. The third kappa shape index (κ3) is 1.89. The van der Waals surface area contributed by atoms with E-state index in [9.17, 15) is 0 Å². The van der Waals surface area contributed by atoms with Crippen LogP contribution in [0.2, 0.25) is 0 Å². The van der Waals surface area contributed by atoms with Gasteiger partial charge in [-0.15, -0.1) is 0 Å². The highest BCUT2D eigenvalue weighted by atomic mass is 14.9. The Morgan fingerprint density at radius 2 is 0.857 bits per heavy atom. The van der Waals surface area contributed by atoms with Crippen LogP contribution in [0.3, 0.4) is 0 Å². The second-order valence-electron chi connectivity index (χ2n) is 10.4. The normalized spacial score (nSPS) is 13.1. The van der Waals surface area contributed by atoms with Gasteiger partial charge < -0.3 is 8.80 Å². The van der Waals surface area contributed by atoms with Crippen molar-refractivity contribution in [1.29, 1.82) is 0 Å². The molecule has 0 fully saturated rings. The van der Waals surface area contributed by atoms with Gasteiger partial charge in [0.1, 0.15) is 0 Å². The fourth-order valence-electron chi connectivity index (χ4n) is 6.91. The molecule has 0 aliphatic carbocycles. The summed E-state index contributed by atoms with van der Waals surface area (Å²) < 4.78 is 5.06. The number of rotatable bonds is 1. The van der Waals surface area contributed by atoms with Gasteiger partial charge in [-0.3, -0.25) is 0 Å². The molecule has 0 amide bonds. The van der Waals surface area contributed by atoms with E-state index >= 15 is 0 Å². The van der Waals surface area contributed by atoms with Crippen LogP contribution in [0.15, 0.2) is 91.0 Å². The molecule has 2 heteroatoms. The van der Waals surface area contributed by atoms with Crippen molar-refractivity contribution in [1.82, 2.24) is 8.80 Å². The fraction of sp³-hybridized carbons (Fsp3) is 0.0909. The molecule has 164 valence electrons. The molecule has 0 aliphatic rings. The molecule has 0 saturated heterocycles. The van der Waals surface area contributed by atoms with Crippen LogP contribution in [0, 0.1) is 0 Å². The molecule has 35 heavy (non-hydrogen) atoms. The second-order valence-corrected chi connectivity index (χ2v) is 10.4. The highest BCUT2D eigenvalue weighted by Gasteiger charge is 2.28. The lowest BCUT2D eigenvalue weighted by Crippen LogP contribution is -1.88. The number of aromatic nitrogens is 2. The van der Waals surface area contributed by atoms with E-state index in [-0.39, 0.29) is 0 Å². The zero-order chi connectivity index (χ0) is 23.0. The molecule has 0 aliphatic heterocycles. The van der Waals surface area contributed by atoms with E-state index in [0.717, 1.165) is 0 Å². The van der Waals surface area contributed by atoms with Crippen LogP contribution in [-0.2, 0) is 0 Å². The van der Waals surface area contributed by atoms with Crippen molar-refractivity contribution in [3.63, 3.8) is 0 Å². The largest absolute Gasteiger partial charge is 0.308 e. The maximum absolute atomic E-state index is 2.55. The molecule has 2 nitrogen and oxygen atoms in total. The van der Waals surface area contributed by atoms with Gasteiger partial charge in [0.25, 0.3) is 0 Å². The molecule has 0 N–H and O–H groups in total. The summed E-state index contributed by atoms with van der Waals surface area (Å²) in [6.07, 6.45) is 0. The number of para-hydroxylation sites is 3.